The molecule has 0 aromatic heterocycles. The Balaban J connectivity index is 1.38. The molecule has 1 amide bonds. The maximum absolute atomic E-state index is 14.5. The molecule has 2 aromatic rings. The molecule has 290 valence electrons. The number of aliphatic hydroxyl groups is 2. The zero-order chi connectivity index (χ0) is 38.8. The number of hydrogen-bond donors (Lipinski definition) is 3. The molecule has 0 heterocycles. The van der Waals surface area contributed by atoms with Crippen LogP contribution >= 0.6 is 0 Å². The number of unbranched alkanes of at least 4 members (excludes halogenated alkanes) is 2. The summed E-state index contributed by atoms with van der Waals surface area (Å²) in [6.45, 7) is 0.488. The van der Waals surface area contributed by atoms with Crippen LogP contribution in [0.25, 0.3) is 0 Å². The van der Waals surface area contributed by atoms with Crippen molar-refractivity contribution in [3.05, 3.63) is 88.5 Å². The number of carbonyl (C=O) groups is 3. The Labute approximate surface area is 305 Å². The first-order chi connectivity index (χ1) is 25.3. The Morgan fingerprint density at radius 1 is 1.04 bits per heavy atom. The lowest BCUT2D eigenvalue weighted by molar-refractivity contribution is -0.757. The largest absolute Gasteiger partial charge is 0.493 e. The van der Waals surface area contributed by atoms with Crippen LogP contribution in [0.3, 0.4) is 0 Å². The van der Waals surface area contributed by atoms with Crippen molar-refractivity contribution in [3.63, 3.8) is 0 Å². The summed E-state index contributed by atoms with van der Waals surface area (Å²) in [6.07, 6.45) is 5.84. The number of methoxy groups -OCH3 is 1. The second-order valence-corrected chi connectivity index (χ2v) is 12.4. The van der Waals surface area contributed by atoms with Crippen molar-refractivity contribution >= 4 is 17.8 Å². The lowest BCUT2D eigenvalue weighted by atomic mass is 9.89. The summed E-state index contributed by atoms with van der Waals surface area (Å²) in [7, 11) is 1.32. The highest BCUT2D eigenvalue weighted by Crippen LogP contribution is 2.37. The molecular weight excluding hydrogens is 702 g/mol. The molecule has 0 bridgehead atoms. The number of rotatable bonds is 22. The number of carbonyl (C=O) groups excluding carboxylic acids is 3. The maximum Gasteiger partial charge on any atom is 0.338 e. The van der Waals surface area contributed by atoms with Crippen molar-refractivity contribution in [1.29, 1.82) is 0 Å². The topological polar surface area (TPSA) is 193 Å². The van der Waals surface area contributed by atoms with E-state index in [2.05, 4.69) is 10.2 Å². The molecule has 3 N–H and O–H groups in total. The van der Waals surface area contributed by atoms with Crippen LogP contribution in [0.15, 0.2) is 72.8 Å². The van der Waals surface area contributed by atoms with Gasteiger partial charge < -0.3 is 39.3 Å². The van der Waals surface area contributed by atoms with Gasteiger partial charge in [-0.1, -0.05) is 36.4 Å². The number of esters is 2. The Morgan fingerprint density at radius 2 is 1.77 bits per heavy atom. The number of aliphatic hydroxyl groups excluding tert-OH is 2. The van der Waals surface area contributed by atoms with Gasteiger partial charge >= 0.3 is 11.9 Å². The number of hydrogen-bond acceptors (Lipinski definition) is 12. The third kappa shape index (κ3) is 14.8. The number of nitrogens with zero attached hydrogens (tertiary/aromatic N) is 1. The number of amides is 1. The molecule has 5 atom stereocenters. The minimum absolute atomic E-state index is 0.0132. The van der Waals surface area contributed by atoms with Gasteiger partial charge in [-0.2, -0.15) is 8.78 Å². The smallest absolute Gasteiger partial charge is 0.338 e. The van der Waals surface area contributed by atoms with E-state index in [1.165, 1.54) is 38.3 Å². The van der Waals surface area contributed by atoms with E-state index < -0.39 is 65.5 Å². The summed E-state index contributed by atoms with van der Waals surface area (Å²) >= 11 is 0. The molecule has 0 radical (unpaired) electrons. The van der Waals surface area contributed by atoms with E-state index >= 15 is 0 Å². The minimum atomic E-state index is -3.28. The number of allylic oxidation sites excluding steroid dienone is 2. The van der Waals surface area contributed by atoms with Gasteiger partial charge in [-0.3, -0.25) is 4.79 Å². The first-order valence-electron chi connectivity index (χ1n) is 17.2. The Morgan fingerprint density at radius 3 is 2.49 bits per heavy atom. The lowest BCUT2D eigenvalue weighted by Crippen LogP contribution is -2.40. The van der Waals surface area contributed by atoms with E-state index in [4.69, 9.17) is 18.9 Å². The molecule has 0 aliphatic heterocycles. The first kappa shape index (κ1) is 42.3. The monoisotopic (exact) mass is 748 g/mol. The van der Waals surface area contributed by atoms with Crippen molar-refractivity contribution in [1.82, 2.24) is 5.32 Å². The molecule has 1 saturated carbocycles. The van der Waals surface area contributed by atoms with Crippen LogP contribution in [-0.2, 0) is 19.2 Å². The highest BCUT2D eigenvalue weighted by atomic mass is 19.3. The predicted molar refractivity (Wildman–Crippen MR) is 186 cm³/mol. The van der Waals surface area contributed by atoms with Gasteiger partial charge in [-0.15, -0.1) is 10.1 Å². The Kier molecular flexibility index (Phi) is 17.1. The van der Waals surface area contributed by atoms with Gasteiger partial charge in [0.1, 0.15) is 11.8 Å². The van der Waals surface area contributed by atoms with Crippen LogP contribution in [0, 0.1) is 22.0 Å². The standard InChI is InChI=1S/C37H46F2N2O12/c1-25(35(45)53-32-17-16-26(22-33(32)49-2)36(46)50-20-10-11-21-52-41(47)48)40-34(44)15-9-4-3-8-14-28-29(31(43)23-30(28)42)18-19-37(38,39)24-51-27-12-6-5-7-13-27/h3,5-8,12-13,16-19,22,25,28-31,42-43H,4,9-11,14-15,20-21,23-24H2,1-2H3,(H,40,44)/b8-3-,19-18+/t25?,28-,29-,30+,31-/m1/s1. The summed E-state index contributed by atoms with van der Waals surface area (Å²) in [4.78, 5) is 51.8. The fourth-order valence-corrected chi connectivity index (χ4v) is 5.49. The van der Waals surface area contributed by atoms with Crippen molar-refractivity contribution in [2.75, 3.05) is 26.9 Å². The summed E-state index contributed by atoms with van der Waals surface area (Å²) in [5, 5.41) is 32.7. The molecule has 1 fully saturated rings. The normalized spacial score (nSPS) is 19.1. The van der Waals surface area contributed by atoms with Crippen molar-refractivity contribution in [2.24, 2.45) is 11.8 Å². The van der Waals surface area contributed by atoms with Crippen molar-refractivity contribution in [2.45, 2.75) is 76.0 Å². The molecule has 14 nitrogen and oxygen atoms in total. The highest BCUT2D eigenvalue weighted by molar-refractivity contribution is 5.90. The SMILES string of the molecule is COc1cc(C(=O)OCCCCO[N+](=O)[O-])ccc1OC(=O)C(C)NC(=O)CCC/C=C\C[C@@H]1[C@@H](/C=C/C(F)(F)COc2ccccc2)[C@H](O)C[C@@H]1O. The number of benzene rings is 2. The quantitative estimate of drug-likeness (QED) is 0.0365. The van der Waals surface area contributed by atoms with Crippen molar-refractivity contribution < 1.29 is 62.2 Å². The average molecular weight is 749 g/mol. The second-order valence-electron chi connectivity index (χ2n) is 12.4. The molecule has 0 saturated heterocycles. The highest BCUT2D eigenvalue weighted by Gasteiger charge is 2.40. The van der Waals surface area contributed by atoms with Gasteiger partial charge in [-0.05, 0) is 81.4 Å². The molecule has 16 heteroatoms. The number of nitrogens with one attached hydrogen (secondary N) is 1. The molecule has 0 spiro atoms. The van der Waals surface area contributed by atoms with E-state index in [9.17, 15) is 43.5 Å². The predicted octanol–water partition coefficient (Wildman–Crippen LogP) is 5.00. The van der Waals surface area contributed by atoms with Gasteiger partial charge in [0.2, 0.25) is 5.91 Å². The number of halogens is 2. The van der Waals surface area contributed by atoms with E-state index in [1.54, 1.807) is 36.4 Å². The van der Waals surface area contributed by atoms with Gasteiger partial charge in [-0.25, -0.2) is 9.59 Å². The van der Waals surface area contributed by atoms with Gasteiger partial charge in [0.25, 0.3) is 11.0 Å². The van der Waals surface area contributed by atoms with Crippen LogP contribution in [0.4, 0.5) is 8.78 Å². The number of alkyl halides is 2. The van der Waals surface area contributed by atoms with Gasteiger partial charge in [0.15, 0.2) is 18.1 Å². The molecule has 1 aliphatic carbocycles. The summed E-state index contributed by atoms with van der Waals surface area (Å²) < 4.78 is 49.9. The molecule has 2 aromatic carbocycles. The maximum atomic E-state index is 14.5. The summed E-state index contributed by atoms with van der Waals surface area (Å²) in [6, 6.07) is 11.3. The summed E-state index contributed by atoms with van der Waals surface area (Å²) in [5.74, 6) is -5.86. The van der Waals surface area contributed by atoms with Crippen LogP contribution < -0.4 is 19.5 Å². The van der Waals surface area contributed by atoms with Crippen LogP contribution in [0.5, 0.6) is 17.2 Å². The van der Waals surface area contributed by atoms with E-state index in [-0.39, 0.29) is 43.1 Å². The van der Waals surface area contributed by atoms with E-state index in [0.717, 1.165) is 0 Å². The van der Waals surface area contributed by atoms with Crippen LogP contribution in [0.2, 0.25) is 0 Å². The zero-order valence-electron chi connectivity index (χ0n) is 29.6. The molecular formula is C37H46F2N2O12. The molecule has 1 aliphatic rings. The second kappa shape index (κ2) is 21.4. The fraction of sp³-hybridized carbons (Fsp3) is 0.486. The number of para-hydroxylation sites is 1. The lowest BCUT2D eigenvalue weighted by Gasteiger charge is -2.20. The fourth-order valence-electron chi connectivity index (χ4n) is 5.49. The van der Waals surface area contributed by atoms with Gasteiger partial charge in [0, 0.05) is 18.8 Å². The molecule has 1 unspecified atom stereocenters. The average Bonchev–Trinajstić information content (AvgIpc) is 3.40. The zero-order valence-corrected chi connectivity index (χ0v) is 29.6. The van der Waals surface area contributed by atoms with E-state index in [0.29, 0.717) is 43.9 Å². The summed E-state index contributed by atoms with van der Waals surface area (Å²) in [5.41, 5.74) is 0.123. The van der Waals surface area contributed by atoms with Crippen LogP contribution in [-0.4, -0.2) is 84.2 Å². The first-order valence-corrected chi connectivity index (χ1v) is 17.2. The molecule has 3 rings (SSSR count). The third-order valence-electron chi connectivity index (χ3n) is 8.31. The third-order valence-corrected chi connectivity index (χ3v) is 8.31. The Hall–Kier alpha value is -5.09. The van der Waals surface area contributed by atoms with E-state index in [1.807, 2.05) is 6.08 Å². The van der Waals surface area contributed by atoms with Gasteiger partial charge in [0.05, 0.1) is 38.1 Å². The Bertz CT molecular complexity index is 1560. The van der Waals surface area contributed by atoms with Crippen LogP contribution in [0.1, 0.15) is 62.2 Å². The minimum Gasteiger partial charge on any atom is -0.493 e. The molecule has 53 heavy (non-hydrogen) atoms. The number of ether oxygens (including phenoxy) is 4. The van der Waals surface area contributed by atoms with Crippen molar-refractivity contribution in [3.8, 4) is 17.2 Å².